The SMILES string of the molecule is Cc1cc(-c2ccc(C(=O)N3CCC[C@H]3C(F)(F)F)cn2)cc2cc(CCC(=O)/C=C/c3ccc(N)nc3)oc12. The van der Waals surface area contributed by atoms with E-state index in [2.05, 4.69) is 9.97 Å². The lowest BCUT2D eigenvalue weighted by atomic mass is 10.0. The van der Waals surface area contributed by atoms with E-state index in [9.17, 15) is 22.8 Å². The zero-order valence-corrected chi connectivity index (χ0v) is 21.7. The third-order valence-electron chi connectivity index (χ3n) is 6.94. The topological polar surface area (TPSA) is 102 Å². The molecule has 0 radical (unpaired) electrons. The normalized spacial score (nSPS) is 15.8. The van der Waals surface area contributed by atoms with Gasteiger partial charge in [-0.25, -0.2) is 4.98 Å². The van der Waals surface area contributed by atoms with Gasteiger partial charge in [-0.15, -0.1) is 0 Å². The standard InChI is InChI=1S/C30H27F3N4O3/c1-18-13-21(25-10-6-20(17-35-25)29(39)37-12-2-3-26(37)30(31,32)33)14-22-15-24(40-28(18)22)9-8-23(38)7-4-19-5-11-27(34)36-16-19/h4-7,10-11,13-17,26H,2-3,8-9,12H2,1H3,(H2,34,36)/b7-4+/t26-/m0/s1. The van der Waals surface area contributed by atoms with Gasteiger partial charge in [0.05, 0.1) is 11.3 Å². The Morgan fingerprint density at radius 1 is 1.12 bits per heavy atom. The van der Waals surface area contributed by atoms with Gasteiger partial charge in [0.15, 0.2) is 5.78 Å². The second-order valence-electron chi connectivity index (χ2n) is 9.87. The number of likely N-dealkylation sites (tertiary alicyclic amines) is 1. The Labute approximate surface area is 228 Å². The number of fused-ring (bicyclic) bond motifs is 1. The number of pyridine rings is 2. The summed E-state index contributed by atoms with van der Waals surface area (Å²) in [5.41, 5.74) is 9.40. The van der Waals surface area contributed by atoms with Crippen LogP contribution in [0.25, 0.3) is 28.3 Å². The molecule has 1 saturated heterocycles. The maximum atomic E-state index is 13.3. The predicted molar refractivity (Wildman–Crippen MR) is 145 cm³/mol. The number of aryl methyl sites for hydroxylation is 2. The molecule has 1 fully saturated rings. The fourth-order valence-electron chi connectivity index (χ4n) is 4.89. The number of aromatic nitrogens is 2. The van der Waals surface area contributed by atoms with E-state index in [0.717, 1.165) is 27.0 Å². The zero-order chi connectivity index (χ0) is 28.4. The van der Waals surface area contributed by atoms with E-state index in [1.807, 2.05) is 25.1 Å². The Balaban J connectivity index is 1.27. The maximum absolute atomic E-state index is 13.3. The number of rotatable bonds is 7. The molecule has 0 saturated carbocycles. The molecule has 4 heterocycles. The Kier molecular flexibility index (Phi) is 7.42. The number of hydrogen-bond acceptors (Lipinski definition) is 6. The van der Waals surface area contributed by atoms with E-state index in [-0.39, 0.29) is 30.7 Å². The van der Waals surface area contributed by atoms with Crippen LogP contribution in [-0.4, -0.2) is 45.3 Å². The summed E-state index contributed by atoms with van der Waals surface area (Å²) in [6.07, 6.45) is 2.60. The summed E-state index contributed by atoms with van der Waals surface area (Å²) in [5.74, 6) is 0.364. The molecule has 1 aliphatic rings. The van der Waals surface area contributed by atoms with Gasteiger partial charge in [0.1, 0.15) is 23.2 Å². The lowest BCUT2D eigenvalue weighted by Gasteiger charge is -2.26. The number of nitrogens with two attached hydrogens (primary N) is 1. The van der Waals surface area contributed by atoms with Crippen molar-refractivity contribution in [3.63, 3.8) is 0 Å². The summed E-state index contributed by atoms with van der Waals surface area (Å²) in [7, 11) is 0. The summed E-state index contributed by atoms with van der Waals surface area (Å²) in [4.78, 5) is 34.3. The zero-order valence-electron chi connectivity index (χ0n) is 21.7. The molecular formula is C30H27F3N4O3. The minimum Gasteiger partial charge on any atom is -0.461 e. The number of carbonyl (C=O) groups is 2. The van der Waals surface area contributed by atoms with Crippen molar-refractivity contribution >= 4 is 34.6 Å². The van der Waals surface area contributed by atoms with Gasteiger partial charge in [0.2, 0.25) is 0 Å². The first-order valence-electron chi connectivity index (χ1n) is 12.9. The summed E-state index contributed by atoms with van der Waals surface area (Å²) in [5, 5.41) is 0.841. The van der Waals surface area contributed by atoms with Crippen molar-refractivity contribution in [2.24, 2.45) is 0 Å². The quantitative estimate of drug-likeness (QED) is 0.278. The molecule has 0 spiro atoms. The van der Waals surface area contributed by atoms with Crippen molar-refractivity contribution in [1.82, 2.24) is 14.9 Å². The van der Waals surface area contributed by atoms with Crippen LogP contribution in [0.1, 0.15) is 46.5 Å². The second-order valence-corrected chi connectivity index (χ2v) is 9.87. The molecule has 2 N–H and O–H groups in total. The largest absolute Gasteiger partial charge is 0.461 e. The van der Waals surface area contributed by atoms with E-state index >= 15 is 0 Å². The van der Waals surface area contributed by atoms with Gasteiger partial charge < -0.3 is 15.1 Å². The first-order chi connectivity index (χ1) is 19.1. The van der Waals surface area contributed by atoms with Gasteiger partial charge in [-0.3, -0.25) is 14.6 Å². The van der Waals surface area contributed by atoms with Crippen molar-refractivity contribution in [3.05, 3.63) is 83.4 Å². The number of furan rings is 1. The van der Waals surface area contributed by atoms with Crippen LogP contribution >= 0.6 is 0 Å². The van der Waals surface area contributed by atoms with Gasteiger partial charge in [-0.2, -0.15) is 13.2 Å². The number of ketones is 1. The molecule has 1 aromatic carbocycles. The van der Waals surface area contributed by atoms with E-state index in [1.54, 1.807) is 30.5 Å². The van der Waals surface area contributed by atoms with Gasteiger partial charge >= 0.3 is 6.18 Å². The van der Waals surface area contributed by atoms with Crippen molar-refractivity contribution in [2.75, 3.05) is 12.3 Å². The number of nitrogens with zero attached hydrogens (tertiary/aromatic N) is 3. The third-order valence-corrected chi connectivity index (χ3v) is 6.94. The van der Waals surface area contributed by atoms with Gasteiger partial charge in [0, 0.05) is 42.7 Å². The highest BCUT2D eigenvalue weighted by molar-refractivity contribution is 5.95. The minimum absolute atomic E-state index is 0.0518. The number of allylic oxidation sites excluding steroid dienone is 1. The highest BCUT2D eigenvalue weighted by atomic mass is 19.4. The van der Waals surface area contributed by atoms with Crippen LogP contribution in [-0.2, 0) is 11.2 Å². The molecule has 0 bridgehead atoms. The first kappa shape index (κ1) is 27.1. The average molecular weight is 549 g/mol. The van der Waals surface area contributed by atoms with Crippen LogP contribution in [0.15, 0.2) is 65.4 Å². The predicted octanol–water partition coefficient (Wildman–Crippen LogP) is 6.16. The second kappa shape index (κ2) is 11.0. The molecule has 1 amide bonds. The maximum Gasteiger partial charge on any atom is 0.408 e. The monoisotopic (exact) mass is 548 g/mol. The van der Waals surface area contributed by atoms with Crippen molar-refractivity contribution in [3.8, 4) is 11.3 Å². The highest BCUT2D eigenvalue weighted by Gasteiger charge is 2.47. The summed E-state index contributed by atoms with van der Waals surface area (Å²) >= 11 is 0. The molecule has 40 heavy (non-hydrogen) atoms. The third kappa shape index (κ3) is 5.90. The summed E-state index contributed by atoms with van der Waals surface area (Å²) < 4.78 is 45.9. The van der Waals surface area contributed by atoms with Crippen LogP contribution < -0.4 is 5.73 Å². The van der Waals surface area contributed by atoms with E-state index in [0.29, 0.717) is 35.7 Å². The lowest BCUT2D eigenvalue weighted by Crippen LogP contribution is -2.44. The molecular weight excluding hydrogens is 521 g/mol. The first-order valence-corrected chi connectivity index (χ1v) is 12.9. The smallest absolute Gasteiger partial charge is 0.408 e. The number of nitrogen functional groups attached to an aromatic ring is 1. The Morgan fingerprint density at radius 3 is 2.65 bits per heavy atom. The summed E-state index contributed by atoms with van der Waals surface area (Å²) in [6, 6.07) is 10.5. The number of alkyl halides is 3. The highest BCUT2D eigenvalue weighted by Crippen LogP contribution is 2.34. The molecule has 0 aliphatic carbocycles. The van der Waals surface area contributed by atoms with E-state index < -0.39 is 18.1 Å². The van der Waals surface area contributed by atoms with Gasteiger partial charge in [-0.05, 0) is 85.5 Å². The number of carbonyl (C=O) groups excluding carboxylic acids is 2. The Hall–Kier alpha value is -4.47. The number of amides is 1. The van der Waals surface area contributed by atoms with Crippen LogP contribution in [0.2, 0.25) is 0 Å². The lowest BCUT2D eigenvalue weighted by molar-refractivity contribution is -0.169. The number of hydrogen-bond donors (Lipinski definition) is 1. The molecule has 3 aromatic heterocycles. The minimum atomic E-state index is -4.45. The Morgan fingerprint density at radius 2 is 1.95 bits per heavy atom. The van der Waals surface area contributed by atoms with Crippen LogP contribution in [0.4, 0.5) is 19.0 Å². The number of halogens is 3. The van der Waals surface area contributed by atoms with Gasteiger partial charge in [-0.1, -0.05) is 0 Å². The number of anilines is 1. The Bertz CT molecular complexity index is 1580. The van der Waals surface area contributed by atoms with Crippen LogP contribution in [0, 0.1) is 6.92 Å². The molecule has 1 atom stereocenters. The van der Waals surface area contributed by atoms with Crippen molar-refractivity contribution in [1.29, 1.82) is 0 Å². The molecule has 206 valence electrons. The van der Waals surface area contributed by atoms with Gasteiger partial charge in [0.25, 0.3) is 5.91 Å². The molecule has 4 aromatic rings. The molecule has 0 unspecified atom stereocenters. The molecule has 1 aliphatic heterocycles. The average Bonchev–Trinajstić information content (AvgIpc) is 3.59. The van der Waals surface area contributed by atoms with Crippen molar-refractivity contribution in [2.45, 2.75) is 44.8 Å². The number of benzene rings is 1. The summed E-state index contributed by atoms with van der Waals surface area (Å²) in [6.45, 7) is 1.97. The fourth-order valence-corrected chi connectivity index (χ4v) is 4.89. The van der Waals surface area contributed by atoms with Crippen LogP contribution in [0.5, 0.6) is 0 Å². The molecule has 5 rings (SSSR count). The van der Waals surface area contributed by atoms with Crippen LogP contribution in [0.3, 0.4) is 0 Å². The molecule has 10 heteroatoms. The molecule has 7 nitrogen and oxygen atoms in total. The van der Waals surface area contributed by atoms with E-state index in [1.165, 1.54) is 18.3 Å². The van der Waals surface area contributed by atoms with E-state index in [4.69, 9.17) is 10.2 Å². The van der Waals surface area contributed by atoms with Crippen molar-refractivity contribution < 1.29 is 27.2 Å². The fraction of sp³-hybridized carbons (Fsp3) is 0.267.